The van der Waals surface area contributed by atoms with E-state index in [4.69, 9.17) is 0 Å². The third-order valence-electron chi connectivity index (χ3n) is 3.26. The molecule has 1 aliphatic rings. The highest BCUT2D eigenvalue weighted by molar-refractivity contribution is 8.18. The number of halogens is 1. The Morgan fingerprint density at radius 2 is 1.74 bits per heavy atom. The topological polar surface area (TPSA) is 49.4 Å². The quantitative estimate of drug-likeness (QED) is 0.864. The van der Waals surface area contributed by atoms with Crippen LogP contribution >= 0.6 is 11.8 Å². The Morgan fingerprint density at radius 1 is 1.04 bits per heavy atom. The molecule has 1 N–H and O–H groups in total. The van der Waals surface area contributed by atoms with Crippen molar-refractivity contribution in [2.45, 2.75) is 0 Å². The second kappa shape index (κ2) is 6.66. The molecule has 0 aromatic heterocycles. The molecule has 4 nitrogen and oxygen atoms in total. The third kappa shape index (κ3) is 3.60. The van der Waals surface area contributed by atoms with Gasteiger partial charge in [0.15, 0.2) is 0 Å². The average molecular weight is 328 g/mol. The first-order chi connectivity index (χ1) is 11.1. The Bertz CT molecular complexity index is 760. The van der Waals surface area contributed by atoms with Crippen LogP contribution in [0.15, 0.2) is 59.5 Å². The highest BCUT2D eigenvalue weighted by Gasteiger charge is 2.34. The number of imide groups is 1. The Hall–Kier alpha value is -2.60. The number of benzene rings is 2. The molecule has 2 aromatic carbocycles. The molecule has 2 aromatic rings. The van der Waals surface area contributed by atoms with Gasteiger partial charge in [0.2, 0.25) is 0 Å². The number of anilines is 1. The lowest BCUT2D eigenvalue weighted by molar-refractivity contribution is -0.122. The second-order valence-corrected chi connectivity index (χ2v) is 5.86. The number of carbonyl (C=O) groups excluding carboxylic acids is 2. The fourth-order valence-electron chi connectivity index (χ4n) is 2.08. The van der Waals surface area contributed by atoms with Crippen LogP contribution in [0.4, 0.5) is 14.9 Å². The average Bonchev–Trinajstić information content (AvgIpc) is 2.82. The van der Waals surface area contributed by atoms with Gasteiger partial charge in [-0.1, -0.05) is 30.3 Å². The van der Waals surface area contributed by atoms with Crippen LogP contribution in [0, 0.1) is 5.82 Å². The zero-order valence-corrected chi connectivity index (χ0v) is 12.8. The number of nitrogens with zero attached hydrogens (tertiary/aromatic N) is 1. The van der Waals surface area contributed by atoms with Crippen molar-refractivity contribution in [3.8, 4) is 0 Å². The van der Waals surface area contributed by atoms with Crippen molar-refractivity contribution in [2.24, 2.45) is 0 Å². The maximum Gasteiger partial charge on any atom is 0.295 e. The van der Waals surface area contributed by atoms with Crippen molar-refractivity contribution in [3.63, 3.8) is 0 Å². The minimum atomic E-state index is -0.340. The zero-order chi connectivity index (χ0) is 16.2. The van der Waals surface area contributed by atoms with E-state index in [1.165, 1.54) is 12.1 Å². The van der Waals surface area contributed by atoms with Crippen LogP contribution in [0.25, 0.3) is 6.08 Å². The summed E-state index contributed by atoms with van der Waals surface area (Å²) >= 11 is 0.913. The minimum absolute atomic E-state index is 0.0441. The van der Waals surface area contributed by atoms with Crippen molar-refractivity contribution in [2.75, 3.05) is 12.0 Å². The molecular weight excluding hydrogens is 315 g/mol. The Morgan fingerprint density at radius 3 is 2.43 bits per heavy atom. The lowest BCUT2D eigenvalue weighted by atomic mass is 10.2. The largest absolute Gasteiger partial charge is 0.367 e. The predicted octanol–water partition coefficient (Wildman–Crippen LogP) is 3.93. The van der Waals surface area contributed by atoms with Gasteiger partial charge < -0.3 is 5.32 Å². The summed E-state index contributed by atoms with van der Waals surface area (Å²) < 4.78 is 12.9. The normalized spacial score (nSPS) is 16.2. The summed E-state index contributed by atoms with van der Waals surface area (Å²) in [5.74, 6) is -0.675. The van der Waals surface area contributed by atoms with Gasteiger partial charge in [0, 0.05) is 5.69 Å². The van der Waals surface area contributed by atoms with E-state index >= 15 is 0 Å². The summed E-state index contributed by atoms with van der Waals surface area (Å²) in [6, 6.07) is 15.1. The zero-order valence-electron chi connectivity index (χ0n) is 12.0. The third-order valence-corrected chi connectivity index (χ3v) is 4.16. The van der Waals surface area contributed by atoms with E-state index in [1.807, 2.05) is 30.3 Å². The standard InChI is InChI=1S/C17H13FN2O2S/c18-13-6-8-14(9-7-13)19-11-20-16(21)15(23-17(20)22)10-12-4-2-1-3-5-12/h1-10,19H,11H2/b15-10-. The molecular formula is C17H13FN2O2S. The number of hydrogen-bond acceptors (Lipinski definition) is 4. The van der Waals surface area contributed by atoms with Crippen LogP contribution in [0.2, 0.25) is 0 Å². The summed E-state index contributed by atoms with van der Waals surface area (Å²) in [4.78, 5) is 25.8. The molecule has 1 saturated heterocycles. The van der Waals surface area contributed by atoms with Crippen LogP contribution < -0.4 is 5.32 Å². The van der Waals surface area contributed by atoms with Crippen molar-refractivity contribution in [1.82, 2.24) is 4.90 Å². The summed E-state index contributed by atoms with van der Waals surface area (Å²) in [5.41, 5.74) is 1.50. The number of hydrogen-bond donors (Lipinski definition) is 1. The number of nitrogens with one attached hydrogen (secondary N) is 1. The molecule has 0 atom stereocenters. The Balaban J connectivity index is 1.69. The van der Waals surface area contributed by atoms with Gasteiger partial charge in [-0.05, 0) is 47.7 Å². The van der Waals surface area contributed by atoms with Crippen LogP contribution in [0.3, 0.4) is 0 Å². The van der Waals surface area contributed by atoms with Gasteiger partial charge in [-0.2, -0.15) is 0 Å². The van der Waals surface area contributed by atoms with E-state index in [9.17, 15) is 14.0 Å². The first kappa shape index (κ1) is 15.3. The number of rotatable bonds is 4. The van der Waals surface area contributed by atoms with E-state index in [0.717, 1.165) is 22.2 Å². The predicted molar refractivity (Wildman–Crippen MR) is 89.1 cm³/mol. The molecule has 1 heterocycles. The van der Waals surface area contributed by atoms with Gasteiger partial charge in [0.05, 0.1) is 11.6 Å². The maximum absolute atomic E-state index is 12.9. The first-order valence-corrected chi connectivity index (χ1v) is 7.75. The Labute approximate surface area is 137 Å². The number of carbonyl (C=O) groups is 2. The smallest absolute Gasteiger partial charge is 0.295 e. The van der Waals surface area contributed by atoms with Crippen molar-refractivity contribution < 1.29 is 14.0 Å². The van der Waals surface area contributed by atoms with Crippen LogP contribution in [0.1, 0.15) is 5.56 Å². The molecule has 116 valence electrons. The van der Waals surface area contributed by atoms with E-state index in [-0.39, 0.29) is 23.6 Å². The fourth-order valence-corrected chi connectivity index (χ4v) is 2.91. The SMILES string of the molecule is O=C1S/C(=C\c2ccccc2)C(=O)N1CNc1ccc(F)cc1. The highest BCUT2D eigenvalue weighted by Crippen LogP contribution is 2.32. The first-order valence-electron chi connectivity index (χ1n) is 6.93. The van der Waals surface area contributed by atoms with E-state index in [0.29, 0.717) is 10.6 Å². The van der Waals surface area contributed by atoms with Crippen molar-refractivity contribution >= 4 is 34.7 Å². The maximum atomic E-state index is 12.9. The van der Waals surface area contributed by atoms with Crippen LogP contribution in [-0.4, -0.2) is 22.7 Å². The molecule has 0 aliphatic carbocycles. The summed E-state index contributed by atoms with van der Waals surface area (Å²) in [6.45, 7) is 0.0441. The molecule has 1 aliphatic heterocycles. The highest BCUT2D eigenvalue weighted by atomic mass is 32.2. The molecule has 0 spiro atoms. The molecule has 23 heavy (non-hydrogen) atoms. The molecule has 0 saturated carbocycles. The Kier molecular flexibility index (Phi) is 4.43. The molecule has 6 heteroatoms. The fraction of sp³-hybridized carbons (Fsp3) is 0.0588. The van der Waals surface area contributed by atoms with Gasteiger partial charge >= 0.3 is 0 Å². The van der Waals surface area contributed by atoms with Gasteiger partial charge in [0.1, 0.15) is 5.82 Å². The van der Waals surface area contributed by atoms with Crippen LogP contribution in [-0.2, 0) is 4.79 Å². The summed E-state index contributed by atoms with van der Waals surface area (Å²) in [5, 5.41) is 2.61. The molecule has 1 fully saturated rings. The van der Waals surface area contributed by atoms with Gasteiger partial charge in [-0.15, -0.1) is 0 Å². The van der Waals surface area contributed by atoms with E-state index in [1.54, 1.807) is 18.2 Å². The number of thioether (sulfide) groups is 1. The summed E-state index contributed by atoms with van der Waals surface area (Å²) in [6.07, 6.45) is 1.70. The van der Waals surface area contributed by atoms with E-state index in [2.05, 4.69) is 5.32 Å². The summed E-state index contributed by atoms with van der Waals surface area (Å²) in [7, 11) is 0. The second-order valence-electron chi connectivity index (χ2n) is 4.86. The van der Waals surface area contributed by atoms with Gasteiger partial charge in [0.25, 0.3) is 11.1 Å². The molecule has 0 bridgehead atoms. The van der Waals surface area contributed by atoms with Gasteiger partial charge in [-0.3, -0.25) is 14.5 Å². The lowest BCUT2D eigenvalue weighted by Crippen LogP contribution is -2.33. The molecule has 0 unspecified atom stereocenters. The lowest BCUT2D eigenvalue weighted by Gasteiger charge is -2.14. The monoisotopic (exact) mass is 328 g/mol. The van der Waals surface area contributed by atoms with E-state index < -0.39 is 0 Å². The molecule has 2 amide bonds. The number of amides is 2. The molecule has 3 rings (SSSR count). The van der Waals surface area contributed by atoms with Gasteiger partial charge in [-0.25, -0.2) is 4.39 Å². The van der Waals surface area contributed by atoms with Crippen molar-refractivity contribution in [1.29, 1.82) is 0 Å². The van der Waals surface area contributed by atoms with Crippen molar-refractivity contribution in [3.05, 3.63) is 70.9 Å². The minimum Gasteiger partial charge on any atom is -0.367 e. The molecule has 0 radical (unpaired) electrons. The van der Waals surface area contributed by atoms with Crippen LogP contribution in [0.5, 0.6) is 0 Å².